The van der Waals surface area contributed by atoms with Gasteiger partial charge >= 0.3 is 0 Å². The van der Waals surface area contributed by atoms with E-state index in [1.807, 2.05) is 0 Å². The summed E-state index contributed by atoms with van der Waals surface area (Å²) in [5.74, 6) is 0. The van der Waals surface area contributed by atoms with Crippen molar-refractivity contribution in [3.63, 3.8) is 0 Å². The molecular weight excluding hydrogens is 422 g/mol. The summed E-state index contributed by atoms with van der Waals surface area (Å²) in [6, 6.07) is 0. The second-order valence-electron chi connectivity index (χ2n) is 8.82. The minimum Gasteiger partial charge on any atom is -0.483 e. The summed E-state index contributed by atoms with van der Waals surface area (Å²) in [6.45, 7) is 6.02. The van der Waals surface area contributed by atoms with Crippen LogP contribution in [0.15, 0.2) is 0 Å². The second-order valence-corrected chi connectivity index (χ2v) is 8.82. The molecule has 0 aromatic rings. The monoisotopic (exact) mass is 479 g/mol. The van der Waals surface area contributed by atoms with Crippen LogP contribution < -0.4 is 0 Å². The van der Waals surface area contributed by atoms with Crippen molar-refractivity contribution in [3.8, 4) is 0 Å². The molecule has 0 spiro atoms. The van der Waals surface area contributed by atoms with Gasteiger partial charge in [-0.05, 0) is 52.7 Å². The summed E-state index contributed by atoms with van der Waals surface area (Å²) in [7, 11) is 4.15. The molecule has 1 saturated heterocycles. The molecule has 0 radical (unpaired) electrons. The van der Waals surface area contributed by atoms with E-state index in [0.29, 0.717) is 19.3 Å². The highest BCUT2D eigenvalue weighted by molar-refractivity contribution is 5.32. The van der Waals surface area contributed by atoms with Gasteiger partial charge in [0.05, 0.1) is 6.10 Å². The Bertz CT molecular complexity index is 319. The van der Waals surface area contributed by atoms with Crippen LogP contribution in [-0.2, 0) is 9.53 Å². The van der Waals surface area contributed by atoms with E-state index in [9.17, 15) is 0 Å². The quantitative estimate of drug-likeness (QED) is 0.178. The van der Waals surface area contributed by atoms with E-state index in [1.54, 1.807) is 0 Å². The normalized spacial score (nSPS) is 16.7. The third-order valence-electron chi connectivity index (χ3n) is 5.24. The summed E-state index contributed by atoms with van der Waals surface area (Å²) >= 11 is 0. The Balaban J connectivity index is -0.000000391. The Morgan fingerprint density at radius 2 is 1.21 bits per heavy atom. The lowest BCUT2D eigenvalue weighted by atomic mass is 10.1. The van der Waals surface area contributed by atoms with Gasteiger partial charge in [-0.15, -0.1) is 0 Å². The molecule has 1 fully saturated rings. The van der Waals surface area contributed by atoms with E-state index in [4.69, 9.17) is 30.0 Å². The number of unbranched alkanes of at least 4 members (excludes halogenated alkanes) is 10. The first-order valence-electron chi connectivity index (χ1n) is 13.2. The van der Waals surface area contributed by atoms with Crippen LogP contribution >= 0.6 is 0 Å². The molecule has 0 bridgehead atoms. The highest BCUT2D eigenvalue weighted by atomic mass is 16.6. The predicted octanol–water partition coefficient (Wildman–Crippen LogP) is 5.20. The zero-order chi connectivity index (χ0) is 25.6. The molecule has 0 amide bonds. The lowest BCUT2D eigenvalue weighted by molar-refractivity contribution is -0.122. The van der Waals surface area contributed by atoms with Crippen LogP contribution in [-0.4, -0.2) is 78.0 Å². The summed E-state index contributed by atoms with van der Waals surface area (Å²) in [4.78, 5) is 10.5. The lowest BCUT2D eigenvalue weighted by Crippen LogP contribution is -2.16. The number of aliphatic hydroxyl groups excluding tert-OH is 3. The van der Waals surface area contributed by atoms with Crippen LogP contribution in [0.4, 0.5) is 0 Å². The van der Waals surface area contributed by atoms with Crippen molar-refractivity contribution in [1.82, 2.24) is 4.90 Å². The number of hydrogen-bond acceptors (Lipinski definition) is 6. The second kappa shape index (κ2) is 33.4. The molecule has 33 heavy (non-hydrogen) atoms. The van der Waals surface area contributed by atoms with Crippen molar-refractivity contribution in [2.75, 3.05) is 33.9 Å². The lowest BCUT2D eigenvalue weighted by Gasteiger charge is -2.12. The van der Waals surface area contributed by atoms with Crippen molar-refractivity contribution >= 4 is 6.47 Å². The topological polar surface area (TPSA) is 110 Å². The maximum Gasteiger partial charge on any atom is 0.290 e. The smallest absolute Gasteiger partial charge is 0.290 e. The molecule has 0 aromatic heterocycles. The Morgan fingerprint density at radius 1 is 0.788 bits per heavy atom. The number of hydrogen-bond donors (Lipinski definition) is 4. The third kappa shape index (κ3) is 38.8. The van der Waals surface area contributed by atoms with E-state index in [1.165, 1.54) is 64.2 Å². The number of rotatable bonds is 16. The number of carboxylic acid groups (broad SMARTS) is 1. The number of ether oxygens (including phenoxy) is 1. The minimum atomic E-state index is -0.491. The first-order valence-corrected chi connectivity index (χ1v) is 13.2. The van der Waals surface area contributed by atoms with Crippen molar-refractivity contribution in [2.45, 2.75) is 129 Å². The molecule has 7 nitrogen and oxygen atoms in total. The number of carbonyl (C=O) groups is 1. The van der Waals surface area contributed by atoms with Gasteiger partial charge < -0.3 is 30.1 Å². The molecule has 2 unspecified atom stereocenters. The van der Waals surface area contributed by atoms with Gasteiger partial charge in [0.2, 0.25) is 0 Å². The number of nitrogens with zero attached hydrogens (tertiary/aromatic N) is 1. The molecule has 1 rings (SSSR count). The predicted molar refractivity (Wildman–Crippen MR) is 138 cm³/mol. The highest BCUT2D eigenvalue weighted by Crippen LogP contribution is 2.21. The van der Waals surface area contributed by atoms with Gasteiger partial charge in [0.25, 0.3) is 6.47 Å². The van der Waals surface area contributed by atoms with Crippen molar-refractivity contribution in [1.29, 1.82) is 0 Å². The van der Waals surface area contributed by atoms with Crippen LogP contribution in [0.1, 0.15) is 117 Å². The number of aliphatic hydroxyl groups is 3. The average molecular weight is 480 g/mol. The molecule has 1 heterocycles. The molecule has 1 aliphatic heterocycles. The molecule has 4 N–H and O–H groups in total. The Kier molecular flexibility index (Phi) is 37.3. The molecule has 2 atom stereocenters. The van der Waals surface area contributed by atoms with E-state index in [2.05, 4.69) is 32.8 Å². The van der Waals surface area contributed by atoms with Crippen LogP contribution in [0, 0.1) is 0 Å². The van der Waals surface area contributed by atoms with Gasteiger partial charge in [-0.1, -0.05) is 78.1 Å². The molecular formula is C26H57NO6. The van der Waals surface area contributed by atoms with Crippen molar-refractivity contribution in [3.05, 3.63) is 0 Å². The van der Waals surface area contributed by atoms with Crippen LogP contribution in [0.2, 0.25) is 0 Å². The maximum absolute atomic E-state index is 9.08. The van der Waals surface area contributed by atoms with Crippen molar-refractivity contribution < 1.29 is 30.0 Å². The molecule has 0 aliphatic carbocycles. The fraction of sp³-hybridized carbons (Fsp3) is 0.962. The van der Waals surface area contributed by atoms with Gasteiger partial charge in [-0.2, -0.15) is 0 Å². The Morgan fingerprint density at radius 3 is 1.55 bits per heavy atom. The van der Waals surface area contributed by atoms with E-state index in [0.717, 1.165) is 45.1 Å². The fourth-order valence-corrected chi connectivity index (χ4v) is 3.32. The van der Waals surface area contributed by atoms with Gasteiger partial charge in [-0.3, -0.25) is 4.79 Å². The summed E-state index contributed by atoms with van der Waals surface area (Å²) in [5.41, 5.74) is 0. The zero-order valence-corrected chi connectivity index (χ0v) is 22.2. The summed E-state index contributed by atoms with van der Waals surface area (Å²) < 4.78 is 5.28. The van der Waals surface area contributed by atoms with E-state index in [-0.39, 0.29) is 6.47 Å². The maximum atomic E-state index is 9.08. The summed E-state index contributed by atoms with van der Waals surface area (Å²) in [5, 5.41) is 32.8. The largest absolute Gasteiger partial charge is 0.483 e. The van der Waals surface area contributed by atoms with E-state index < -0.39 is 6.29 Å². The molecule has 0 saturated carbocycles. The summed E-state index contributed by atoms with van der Waals surface area (Å²) in [6.07, 6.45) is 18.9. The average Bonchev–Trinajstić information content (AvgIpc) is 3.20. The van der Waals surface area contributed by atoms with Gasteiger partial charge in [-0.25, -0.2) is 0 Å². The fourth-order valence-electron chi connectivity index (χ4n) is 3.32. The van der Waals surface area contributed by atoms with Crippen LogP contribution in [0.5, 0.6) is 0 Å². The standard InChI is InChI=1S/C9H19NO2.2C8H18O.CH2O2/c1-10(2)7-3-4-8-5-6-9(11)12-8;2*1-2-3-4-5-6-7-8-9;2-1-3/h8-9,11H,3-7H2,1-2H3;2*9H,2-8H2,1H3;1H,(H,2,3). The Hall–Kier alpha value is -0.730. The van der Waals surface area contributed by atoms with Gasteiger partial charge in [0.15, 0.2) is 6.29 Å². The van der Waals surface area contributed by atoms with Gasteiger partial charge in [0.1, 0.15) is 0 Å². The highest BCUT2D eigenvalue weighted by Gasteiger charge is 2.22. The first-order chi connectivity index (χ1) is 15.9. The van der Waals surface area contributed by atoms with Crippen molar-refractivity contribution in [2.24, 2.45) is 0 Å². The minimum absolute atomic E-state index is 0.250. The molecule has 7 heteroatoms. The third-order valence-corrected chi connectivity index (χ3v) is 5.24. The SMILES string of the molecule is CCCCCCCCO.CCCCCCCCO.CN(C)CCCC1CCC(O)O1.O=CO. The molecule has 202 valence electrons. The van der Waals surface area contributed by atoms with Crippen LogP contribution in [0.25, 0.3) is 0 Å². The van der Waals surface area contributed by atoms with Gasteiger partial charge in [0, 0.05) is 19.6 Å². The molecule has 1 aliphatic rings. The van der Waals surface area contributed by atoms with E-state index >= 15 is 0 Å². The molecule has 0 aromatic carbocycles. The first kappa shape index (κ1) is 36.8. The van der Waals surface area contributed by atoms with Crippen LogP contribution in [0.3, 0.4) is 0 Å². The Labute approximate surface area is 204 Å². The zero-order valence-electron chi connectivity index (χ0n) is 22.2.